The number of amides is 2. The minimum absolute atomic E-state index is 0.0574. The van der Waals surface area contributed by atoms with Crippen LogP contribution >= 0.6 is 11.6 Å². The van der Waals surface area contributed by atoms with Crippen LogP contribution in [0.4, 0.5) is 0 Å². The minimum atomic E-state index is -0.116. The van der Waals surface area contributed by atoms with Crippen molar-refractivity contribution >= 4 is 34.3 Å². The van der Waals surface area contributed by atoms with Gasteiger partial charge in [-0.3, -0.25) is 9.59 Å². The number of aliphatic hydroxyl groups is 1. The molecular formula is C25H26ClN3O3. The number of piperidine rings is 1. The number of benzene rings is 2. The number of nitrogens with one attached hydrogen (secondary N) is 2. The predicted molar refractivity (Wildman–Crippen MR) is 125 cm³/mol. The molecule has 166 valence electrons. The van der Waals surface area contributed by atoms with Crippen LogP contribution in [0.2, 0.25) is 5.02 Å². The second-order valence-corrected chi connectivity index (χ2v) is 9.12. The summed E-state index contributed by atoms with van der Waals surface area (Å²) in [6.45, 7) is 2.20. The summed E-state index contributed by atoms with van der Waals surface area (Å²) >= 11 is 6.28. The van der Waals surface area contributed by atoms with Crippen molar-refractivity contribution in [3.63, 3.8) is 0 Å². The van der Waals surface area contributed by atoms with Crippen LogP contribution in [0, 0.1) is 5.92 Å². The number of fused-ring (bicyclic) bond motifs is 2. The van der Waals surface area contributed by atoms with Crippen molar-refractivity contribution in [1.29, 1.82) is 0 Å². The number of carbonyl (C=O) groups excluding carboxylic acids is 2. The summed E-state index contributed by atoms with van der Waals surface area (Å²) in [7, 11) is 0. The van der Waals surface area contributed by atoms with Gasteiger partial charge >= 0.3 is 0 Å². The van der Waals surface area contributed by atoms with E-state index in [1.54, 1.807) is 0 Å². The lowest BCUT2D eigenvalue weighted by atomic mass is 9.92. The molecule has 3 aromatic rings. The van der Waals surface area contributed by atoms with Crippen molar-refractivity contribution in [3.05, 3.63) is 58.1 Å². The highest BCUT2D eigenvalue weighted by molar-refractivity contribution is 6.32. The molecule has 0 saturated carbocycles. The van der Waals surface area contributed by atoms with Crippen LogP contribution in [0.25, 0.3) is 22.2 Å². The van der Waals surface area contributed by atoms with Crippen molar-refractivity contribution in [1.82, 2.24) is 15.2 Å². The molecule has 3 heterocycles. The Balaban J connectivity index is 1.38. The van der Waals surface area contributed by atoms with Crippen molar-refractivity contribution in [2.75, 3.05) is 19.7 Å². The average molecular weight is 452 g/mol. The normalized spacial score (nSPS) is 16.4. The lowest BCUT2D eigenvalue weighted by molar-refractivity contribution is 0.0683. The third-order valence-corrected chi connectivity index (χ3v) is 7.09. The van der Waals surface area contributed by atoms with E-state index >= 15 is 0 Å². The molecule has 1 saturated heterocycles. The number of likely N-dealkylation sites (tertiary alicyclic amines) is 1. The Hall–Kier alpha value is -2.83. The van der Waals surface area contributed by atoms with E-state index in [-0.39, 0.29) is 18.4 Å². The third-order valence-electron chi connectivity index (χ3n) is 6.74. The van der Waals surface area contributed by atoms with Gasteiger partial charge < -0.3 is 20.3 Å². The first-order chi connectivity index (χ1) is 15.5. The predicted octanol–water partition coefficient (Wildman–Crippen LogP) is 4.36. The van der Waals surface area contributed by atoms with E-state index in [1.807, 2.05) is 41.3 Å². The average Bonchev–Trinajstić information content (AvgIpc) is 3.42. The van der Waals surface area contributed by atoms with Gasteiger partial charge in [0, 0.05) is 64.6 Å². The molecule has 1 fully saturated rings. The number of carbonyl (C=O) groups is 2. The molecule has 2 aromatic carbocycles. The molecule has 0 unspecified atom stereocenters. The Morgan fingerprint density at radius 3 is 2.75 bits per heavy atom. The van der Waals surface area contributed by atoms with Crippen molar-refractivity contribution in [2.24, 2.45) is 5.92 Å². The fourth-order valence-corrected chi connectivity index (χ4v) is 5.16. The summed E-state index contributed by atoms with van der Waals surface area (Å²) in [6.07, 6.45) is 3.85. The van der Waals surface area contributed by atoms with Crippen molar-refractivity contribution < 1.29 is 14.7 Å². The number of rotatable bonds is 5. The van der Waals surface area contributed by atoms with Crippen LogP contribution in [0.5, 0.6) is 0 Å². The zero-order valence-corrected chi connectivity index (χ0v) is 18.5. The first-order valence-corrected chi connectivity index (χ1v) is 11.6. The van der Waals surface area contributed by atoms with Crippen LogP contribution < -0.4 is 5.32 Å². The van der Waals surface area contributed by atoms with Crippen LogP contribution in [-0.2, 0) is 6.54 Å². The smallest absolute Gasteiger partial charge is 0.253 e. The first kappa shape index (κ1) is 21.0. The largest absolute Gasteiger partial charge is 0.396 e. The molecule has 5 rings (SSSR count). The molecule has 1 aromatic heterocycles. The van der Waals surface area contributed by atoms with Gasteiger partial charge in [0.25, 0.3) is 11.8 Å². The molecule has 0 bridgehead atoms. The Morgan fingerprint density at radius 2 is 1.97 bits per heavy atom. The molecule has 2 aliphatic heterocycles. The molecule has 7 heteroatoms. The number of H-pyrrole nitrogens is 1. The van der Waals surface area contributed by atoms with Crippen molar-refractivity contribution in [3.8, 4) is 11.3 Å². The lowest BCUT2D eigenvalue weighted by Crippen LogP contribution is -2.38. The monoisotopic (exact) mass is 451 g/mol. The maximum atomic E-state index is 13.1. The molecule has 2 amide bonds. The maximum absolute atomic E-state index is 13.1. The van der Waals surface area contributed by atoms with E-state index in [0.29, 0.717) is 28.6 Å². The summed E-state index contributed by atoms with van der Waals surface area (Å²) in [5.74, 6) is 0.538. The summed E-state index contributed by atoms with van der Waals surface area (Å²) in [6, 6.07) is 11.4. The number of halogens is 1. The molecule has 32 heavy (non-hydrogen) atoms. The Bertz CT molecular complexity index is 1190. The second kappa shape index (κ2) is 8.60. The van der Waals surface area contributed by atoms with E-state index in [1.165, 1.54) is 0 Å². The number of aromatic amines is 1. The van der Waals surface area contributed by atoms with Gasteiger partial charge in [0.1, 0.15) is 0 Å². The quantitative estimate of drug-likeness (QED) is 0.539. The third kappa shape index (κ3) is 3.78. The van der Waals surface area contributed by atoms with Crippen LogP contribution in [0.1, 0.15) is 52.0 Å². The first-order valence-electron chi connectivity index (χ1n) is 11.2. The van der Waals surface area contributed by atoms with Gasteiger partial charge in [-0.15, -0.1) is 0 Å². The SMILES string of the molecule is O=C1NCc2c(Cl)ccc(-c3cc4cc(C(=O)N5CCC(CCCO)CC5)ccc4[nH]3)c21. The Labute approximate surface area is 191 Å². The van der Waals surface area contributed by atoms with E-state index in [0.717, 1.165) is 66.5 Å². The molecule has 3 N–H and O–H groups in total. The number of nitrogens with zero attached hydrogens (tertiary/aromatic N) is 1. The number of aliphatic hydroxyl groups excluding tert-OH is 1. The van der Waals surface area contributed by atoms with Gasteiger partial charge in [0.15, 0.2) is 0 Å². The molecule has 2 aliphatic rings. The highest BCUT2D eigenvalue weighted by atomic mass is 35.5. The van der Waals surface area contributed by atoms with Gasteiger partial charge in [-0.05, 0) is 61.9 Å². The fourth-order valence-electron chi connectivity index (χ4n) is 4.93. The highest BCUT2D eigenvalue weighted by Crippen LogP contribution is 2.35. The second-order valence-electron chi connectivity index (χ2n) is 8.72. The molecule has 6 nitrogen and oxygen atoms in total. The number of hydrogen-bond acceptors (Lipinski definition) is 3. The van der Waals surface area contributed by atoms with Crippen LogP contribution in [0.3, 0.4) is 0 Å². The maximum Gasteiger partial charge on any atom is 0.253 e. The molecule has 0 atom stereocenters. The topological polar surface area (TPSA) is 85.4 Å². The molecular weight excluding hydrogens is 426 g/mol. The highest BCUT2D eigenvalue weighted by Gasteiger charge is 2.27. The molecule has 0 spiro atoms. The lowest BCUT2D eigenvalue weighted by Gasteiger charge is -2.32. The zero-order valence-electron chi connectivity index (χ0n) is 17.8. The van der Waals surface area contributed by atoms with Gasteiger partial charge in [0.2, 0.25) is 0 Å². The van der Waals surface area contributed by atoms with E-state index < -0.39 is 0 Å². The fraction of sp³-hybridized carbons (Fsp3) is 0.360. The Morgan fingerprint density at radius 1 is 1.16 bits per heavy atom. The summed E-state index contributed by atoms with van der Waals surface area (Å²) in [5.41, 5.74) is 4.68. The van der Waals surface area contributed by atoms with E-state index in [4.69, 9.17) is 16.7 Å². The zero-order chi connectivity index (χ0) is 22.2. The van der Waals surface area contributed by atoms with E-state index in [9.17, 15) is 9.59 Å². The van der Waals surface area contributed by atoms with Gasteiger partial charge in [0.05, 0.1) is 5.56 Å². The summed E-state index contributed by atoms with van der Waals surface area (Å²) in [5, 5.41) is 13.4. The number of hydrogen-bond donors (Lipinski definition) is 3. The van der Waals surface area contributed by atoms with Gasteiger partial charge in [-0.25, -0.2) is 0 Å². The van der Waals surface area contributed by atoms with Crippen LogP contribution in [0.15, 0.2) is 36.4 Å². The molecule has 0 radical (unpaired) electrons. The summed E-state index contributed by atoms with van der Waals surface area (Å²) in [4.78, 5) is 30.8. The van der Waals surface area contributed by atoms with Gasteiger partial charge in [-0.2, -0.15) is 0 Å². The van der Waals surface area contributed by atoms with Crippen LogP contribution in [-0.4, -0.2) is 46.5 Å². The van der Waals surface area contributed by atoms with Crippen molar-refractivity contribution in [2.45, 2.75) is 32.2 Å². The summed E-state index contributed by atoms with van der Waals surface area (Å²) < 4.78 is 0. The standard InChI is InChI=1S/C25H26ClN3O3/c26-20-5-4-18(23-19(20)14-27-24(23)31)22-13-17-12-16(3-6-21(17)28-22)25(32)29-9-7-15(8-10-29)2-1-11-30/h3-6,12-13,15,28,30H,1-2,7-11,14H2,(H,27,31). The minimum Gasteiger partial charge on any atom is -0.396 e. The van der Waals surface area contributed by atoms with Gasteiger partial charge in [-0.1, -0.05) is 17.7 Å². The number of aromatic nitrogens is 1. The Kier molecular flexibility index (Phi) is 5.66. The molecule has 0 aliphatic carbocycles. The van der Waals surface area contributed by atoms with E-state index in [2.05, 4.69) is 10.3 Å².